The van der Waals surface area contributed by atoms with Crippen LogP contribution >= 0.6 is 0 Å². The standard InChI is InChI=1S/C24H26FN5O3/c1-17-16-29(24(33)27-22(17)31)13-12-28-10-7-20(8-11-28)30(21-6-2-5-19(25)14-21)23(32)18-4-3-9-26-15-18/h2-6,9,14-16,20H,7-8,10-13H2,1H3,(H,27,31,33). The molecule has 0 bridgehead atoms. The first-order valence-electron chi connectivity index (χ1n) is 10.9. The highest BCUT2D eigenvalue weighted by Gasteiger charge is 2.30. The number of aryl methyl sites for hydroxylation is 1. The third kappa shape index (κ3) is 5.25. The highest BCUT2D eigenvalue weighted by Crippen LogP contribution is 2.26. The zero-order chi connectivity index (χ0) is 23.4. The first-order chi connectivity index (χ1) is 15.9. The third-order valence-electron chi connectivity index (χ3n) is 5.98. The van der Waals surface area contributed by atoms with E-state index in [-0.39, 0.29) is 17.5 Å². The fourth-order valence-electron chi connectivity index (χ4n) is 4.18. The minimum Gasteiger partial charge on any atom is -0.305 e. The molecule has 0 radical (unpaired) electrons. The second-order valence-electron chi connectivity index (χ2n) is 8.23. The van der Waals surface area contributed by atoms with Crippen molar-refractivity contribution in [1.29, 1.82) is 0 Å². The fraction of sp³-hybridized carbons (Fsp3) is 0.333. The van der Waals surface area contributed by atoms with E-state index >= 15 is 0 Å². The highest BCUT2D eigenvalue weighted by molar-refractivity contribution is 6.06. The lowest BCUT2D eigenvalue weighted by atomic mass is 10.0. The average molecular weight is 452 g/mol. The van der Waals surface area contributed by atoms with E-state index in [1.54, 1.807) is 48.5 Å². The number of amides is 1. The highest BCUT2D eigenvalue weighted by atomic mass is 19.1. The summed E-state index contributed by atoms with van der Waals surface area (Å²) in [7, 11) is 0. The van der Waals surface area contributed by atoms with Crippen molar-refractivity contribution in [3.63, 3.8) is 0 Å². The van der Waals surface area contributed by atoms with E-state index in [4.69, 9.17) is 0 Å². The van der Waals surface area contributed by atoms with Crippen LogP contribution < -0.4 is 16.1 Å². The summed E-state index contributed by atoms with van der Waals surface area (Å²) in [4.78, 5) is 47.2. The van der Waals surface area contributed by atoms with Crippen LogP contribution in [0.5, 0.6) is 0 Å². The van der Waals surface area contributed by atoms with Gasteiger partial charge in [-0.1, -0.05) is 6.07 Å². The average Bonchev–Trinajstić information content (AvgIpc) is 2.82. The third-order valence-corrected chi connectivity index (χ3v) is 5.98. The van der Waals surface area contributed by atoms with Gasteiger partial charge in [0.15, 0.2) is 0 Å². The van der Waals surface area contributed by atoms with Gasteiger partial charge in [-0.05, 0) is 50.1 Å². The van der Waals surface area contributed by atoms with Crippen LogP contribution in [0.4, 0.5) is 10.1 Å². The summed E-state index contributed by atoms with van der Waals surface area (Å²) in [6.07, 6.45) is 6.13. The fourth-order valence-corrected chi connectivity index (χ4v) is 4.18. The molecule has 1 aliphatic rings. The summed E-state index contributed by atoms with van der Waals surface area (Å²) in [5, 5.41) is 0. The van der Waals surface area contributed by atoms with Gasteiger partial charge in [-0.15, -0.1) is 0 Å². The predicted molar refractivity (Wildman–Crippen MR) is 123 cm³/mol. The summed E-state index contributed by atoms with van der Waals surface area (Å²) >= 11 is 0. The number of rotatable bonds is 6. The maximum atomic E-state index is 14.0. The van der Waals surface area contributed by atoms with E-state index in [9.17, 15) is 18.8 Å². The van der Waals surface area contributed by atoms with Crippen molar-refractivity contribution >= 4 is 11.6 Å². The number of aromatic amines is 1. The van der Waals surface area contributed by atoms with Gasteiger partial charge in [0.05, 0.1) is 5.56 Å². The van der Waals surface area contributed by atoms with E-state index < -0.39 is 11.5 Å². The minimum absolute atomic E-state index is 0.0891. The monoisotopic (exact) mass is 451 g/mol. The molecule has 0 aliphatic carbocycles. The van der Waals surface area contributed by atoms with E-state index in [0.717, 1.165) is 13.1 Å². The van der Waals surface area contributed by atoms with Crippen molar-refractivity contribution in [1.82, 2.24) is 19.4 Å². The molecule has 1 amide bonds. The lowest BCUT2D eigenvalue weighted by molar-refractivity contribution is 0.0959. The number of likely N-dealkylation sites (tertiary alicyclic amines) is 1. The van der Waals surface area contributed by atoms with Crippen molar-refractivity contribution in [2.75, 3.05) is 24.5 Å². The molecule has 33 heavy (non-hydrogen) atoms. The Bertz CT molecular complexity index is 1230. The Kier molecular flexibility index (Phi) is 6.79. The van der Waals surface area contributed by atoms with Gasteiger partial charge < -0.3 is 9.80 Å². The van der Waals surface area contributed by atoms with Crippen molar-refractivity contribution in [2.45, 2.75) is 32.4 Å². The number of halogens is 1. The predicted octanol–water partition coefficient (Wildman–Crippen LogP) is 2.19. The first-order valence-corrected chi connectivity index (χ1v) is 10.9. The van der Waals surface area contributed by atoms with Crippen LogP contribution in [0.25, 0.3) is 0 Å². The van der Waals surface area contributed by atoms with Crippen LogP contribution in [0.2, 0.25) is 0 Å². The maximum absolute atomic E-state index is 14.0. The number of nitrogens with zero attached hydrogens (tertiary/aromatic N) is 4. The number of benzene rings is 1. The molecule has 1 fully saturated rings. The van der Waals surface area contributed by atoms with Gasteiger partial charge in [0.25, 0.3) is 11.5 Å². The SMILES string of the molecule is Cc1cn(CCN2CCC(N(C(=O)c3cccnc3)c3cccc(F)c3)CC2)c(=O)[nH]c1=O. The van der Waals surface area contributed by atoms with Gasteiger partial charge >= 0.3 is 5.69 Å². The van der Waals surface area contributed by atoms with Gasteiger partial charge in [0.1, 0.15) is 5.82 Å². The lowest BCUT2D eigenvalue weighted by Gasteiger charge is -2.38. The number of pyridine rings is 1. The Labute approximate surface area is 190 Å². The zero-order valence-electron chi connectivity index (χ0n) is 18.4. The van der Waals surface area contributed by atoms with Gasteiger partial charge in [-0.3, -0.25) is 24.1 Å². The lowest BCUT2D eigenvalue weighted by Crippen LogP contribution is -2.48. The van der Waals surface area contributed by atoms with Crippen LogP contribution in [0, 0.1) is 12.7 Å². The molecule has 1 aliphatic heterocycles. The molecule has 4 rings (SSSR count). The van der Waals surface area contributed by atoms with Gasteiger partial charge in [-0.2, -0.15) is 0 Å². The van der Waals surface area contributed by atoms with Crippen molar-refractivity contribution in [2.24, 2.45) is 0 Å². The van der Waals surface area contributed by atoms with E-state index in [2.05, 4.69) is 14.9 Å². The summed E-state index contributed by atoms with van der Waals surface area (Å²) in [6, 6.07) is 9.42. The first kappa shape index (κ1) is 22.6. The van der Waals surface area contributed by atoms with E-state index in [0.29, 0.717) is 42.7 Å². The van der Waals surface area contributed by atoms with Gasteiger partial charge in [0, 0.05) is 62.1 Å². The quantitative estimate of drug-likeness (QED) is 0.620. The molecule has 3 aromatic rings. The normalized spacial score (nSPS) is 14.8. The van der Waals surface area contributed by atoms with Crippen molar-refractivity contribution < 1.29 is 9.18 Å². The van der Waals surface area contributed by atoms with Crippen LogP contribution in [-0.4, -0.2) is 51.0 Å². The molecule has 0 spiro atoms. The second-order valence-corrected chi connectivity index (χ2v) is 8.23. The molecule has 0 unspecified atom stereocenters. The van der Waals surface area contributed by atoms with Crippen molar-refractivity contribution in [3.8, 4) is 0 Å². The Morgan fingerprint density at radius 2 is 1.97 bits per heavy atom. The molecule has 172 valence electrons. The second kappa shape index (κ2) is 9.91. The maximum Gasteiger partial charge on any atom is 0.328 e. The van der Waals surface area contributed by atoms with Crippen LogP contribution in [-0.2, 0) is 6.54 Å². The minimum atomic E-state index is -0.417. The number of anilines is 1. The summed E-state index contributed by atoms with van der Waals surface area (Å²) < 4.78 is 15.5. The molecule has 2 aromatic heterocycles. The molecular weight excluding hydrogens is 425 g/mol. The van der Waals surface area contributed by atoms with E-state index in [1.165, 1.54) is 22.9 Å². The zero-order valence-corrected chi connectivity index (χ0v) is 18.4. The van der Waals surface area contributed by atoms with E-state index in [1.807, 2.05) is 0 Å². The van der Waals surface area contributed by atoms with Crippen LogP contribution in [0.15, 0.2) is 64.6 Å². The molecule has 3 heterocycles. The number of aromatic nitrogens is 3. The number of carbonyl (C=O) groups excluding carboxylic acids is 1. The molecule has 1 saturated heterocycles. The van der Waals surface area contributed by atoms with Gasteiger partial charge in [-0.25, -0.2) is 9.18 Å². The van der Waals surface area contributed by atoms with Gasteiger partial charge in [0.2, 0.25) is 0 Å². The Morgan fingerprint density at radius 1 is 1.18 bits per heavy atom. The largest absolute Gasteiger partial charge is 0.328 e. The topological polar surface area (TPSA) is 91.3 Å². The van der Waals surface area contributed by atoms with Crippen LogP contribution in [0.1, 0.15) is 28.8 Å². The number of H-pyrrole nitrogens is 1. The number of hydrogen-bond donors (Lipinski definition) is 1. The molecule has 0 atom stereocenters. The summed E-state index contributed by atoms with van der Waals surface area (Å²) in [6.45, 7) is 4.24. The number of hydrogen-bond acceptors (Lipinski definition) is 5. The molecule has 1 N–H and O–H groups in total. The summed E-state index contributed by atoms with van der Waals surface area (Å²) in [5.41, 5.74) is 0.690. The molecule has 1 aromatic carbocycles. The Hall–Kier alpha value is -3.59. The smallest absolute Gasteiger partial charge is 0.305 e. The molecule has 0 saturated carbocycles. The Balaban J connectivity index is 1.46. The summed E-state index contributed by atoms with van der Waals surface area (Å²) in [5.74, 6) is -0.599. The Morgan fingerprint density at radius 3 is 2.67 bits per heavy atom. The number of carbonyl (C=O) groups is 1. The number of piperidine rings is 1. The number of nitrogens with one attached hydrogen (secondary N) is 1. The van der Waals surface area contributed by atoms with Crippen LogP contribution in [0.3, 0.4) is 0 Å². The molecule has 8 nitrogen and oxygen atoms in total. The molecular formula is C24H26FN5O3. The van der Waals surface area contributed by atoms with Crippen molar-refractivity contribution in [3.05, 3.63) is 92.8 Å². The molecule has 9 heteroatoms.